The van der Waals surface area contributed by atoms with Crippen LogP contribution in [0.5, 0.6) is 11.5 Å². The van der Waals surface area contributed by atoms with Crippen molar-refractivity contribution in [1.29, 1.82) is 0 Å². The van der Waals surface area contributed by atoms with Gasteiger partial charge in [0, 0.05) is 17.3 Å². The van der Waals surface area contributed by atoms with E-state index in [-0.39, 0.29) is 29.4 Å². The number of hydrogen-bond donors (Lipinski definition) is 2. The second-order valence-corrected chi connectivity index (χ2v) is 7.44. The molecule has 3 rings (SSSR count). The van der Waals surface area contributed by atoms with Crippen molar-refractivity contribution in [2.24, 2.45) is 0 Å². The van der Waals surface area contributed by atoms with Crippen LogP contribution in [0.3, 0.4) is 0 Å². The molecule has 3 aromatic rings. The summed E-state index contributed by atoms with van der Waals surface area (Å²) in [6, 6.07) is 16.1. The molecule has 0 fully saturated rings. The highest BCUT2D eigenvalue weighted by molar-refractivity contribution is 6.04. The fraction of sp³-hybridized carbons (Fsp3) is 0.154. The lowest BCUT2D eigenvalue weighted by Crippen LogP contribution is -2.24. The van der Waals surface area contributed by atoms with Crippen LogP contribution in [0.1, 0.15) is 34.5 Å². The van der Waals surface area contributed by atoms with Crippen molar-refractivity contribution in [2.75, 3.05) is 12.4 Å². The maximum absolute atomic E-state index is 13.0. The Morgan fingerprint density at radius 3 is 2.26 bits per heavy atom. The first-order valence-electron chi connectivity index (χ1n) is 10.5. The maximum Gasteiger partial charge on any atom is 0.387 e. The molecule has 3 aromatic carbocycles. The third kappa shape index (κ3) is 7.36. The number of halogens is 3. The van der Waals surface area contributed by atoms with Crippen LogP contribution >= 0.6 is 0 Å². The largest absolute Gasteiger partial charge is 0.493 e. The lowest BCUT2D eigenvalue weighted by atomic mass is 10.1. The smallest absolute Gasteiger partial charge is 0.387 e. The summed E-state index contributed by atoms with van der Waals surface area (Å²) in [5.74, 6) is -1.13. The van der Waals surface area contributed by atoms with Crippen LogP contribution in [-0.2, 0) is 4.79 Å². The molecule has 1 atom stereocenters. The van der Waals surface area contributed by atoms with Crippen LogP contribution in [0, 0.1) is 5.82 Å². The topological polar surface area (TPSA) is 76.7 Å². The first kappa shape index (κ1) is 25.4. The van der Waals surface area contributed by atoms with Crippen molar-refractivity contribution in [3.05, 3.63) is 95.3 Å². The van der Waals surface area contributed by atoms with Crippen LogP contribution in [0.25, 0.3) is 6.08 Å². The monoisotopic (exact) mass is 484 g/mol. The Bertz CT molecular complexity index is 1200. The average molecular weight is 484 g/mol. The van der Waals surface area contributed by atoms with Crippen molar-refractivity contribution in [1.82, 2.24) is 5.32 Å². The van der Waals surface area contributed by atoms with Gasteiger partial charge < -0.3 is 20.1 Å². The Morgan fingerprint density at radius 2 is 1.63 bits per heavy atom. The number of hydrogen-bond acceptors (Lipinski definition) is 4. The number of alkyl halides is 2. The molecule has 2 N–H and O–H groups in total. The first-order chi connectivity index (χ1) is 16.7. The molecule has 2 amide bonds. The van der Waals surface area contributed by atoms with Gasteiger partial charge >= 0.3 is 6.61 Å². The molecule has 0 saturated heterocycles. The van der Waals surface area contributed by atoms with Crippen LogP contribution in [0.2, 0.25) is 0 Å². The van der Waals surface area contributed by atoms with E-state index in [1.54, 1.807) is 31.2 Å². The number of ether oxygens (including phenoxy) is 2. The number of amides is 2. The minimum Gasteiger partial charge on any atom is -0.493 e. The minimum absolute atomic E-state index is 0.102. The van der Waals surface area contributed by atoms with E-state index in [9.17, 15) is 22.8 Å². The van der Waals surface area contributed by atoms with E-state index in [1.165, 1.54) is 61.7 Å². The Labute approximate surface area is 200 Å². The zero-order valence-corrected chi connectivity index (χ0v) is 18.9. The number of carbonyl (C=O) groups excluding carboxylic acids is 2. The van der Waals surface area contributed by atoms with Crippen molar-refractivity contribution in [2.45, 2.75) is 19.6 Å². The van der Waals surface area contributed by atoms with Crippen LogP contribution in [0.4, 0.5) is 18.9 Å². The molecule has 1 unspecified atom stereocenters. The number of methoxy groups -OCH3 is 1. The molecule has 6 nitrogen and oxygen atoms in total. The fourth-order valence-corrected chi connectivity index (χ4v) is 3.16. The van der Waals surface area contributed by atoms with Gasteiger partial charge in [-0.05, 0) is 72.7 Å². The molecule has 0 radical (unpaired) electrons. The summed E-state index contributed by atoms with van der Waals surface area (Å²) in [5.41, 5.74) is 2.25. The van der Waals surface area contributed by atoms with E-state index in [0.717, 1.165) is 5.56 Å². The number of nitrogens with one attached hydrogen (secondary N) is 2. The summed E-state index contributed by atoms with van der Waals surface area (Å²) in [4.78, 5) is 24.6. The molecule has 182 valence electrons. The SMILES string of the molecule is COc1cc(/C=C/C(=O)NC(C)c2ccc(NC(=O)c3ccc(F)cc3)cc2)ccc1OC(F)F. The van der Waals surface area contributed by atoms with Gasteiger partial charge in [0.25, 0.3) is 5.91 Å². The highest BCUT2D eigenvalue weighted by Crippen LogP contribution is 2.29. The fourth-order valence-electron chi connectivity index (χ4n) is 3.16. The molecular formula is C26H23F3N2O4. The van der Waals surface area contributed by atoms with Gasteiger partial charge in [0.1, 0.15) is 5.82 Å². The summed E-state index contributed by atoms with van der Waals surface area (Å²) >= 11 is 0. The number of carbonyl (C=O) groups is 2. The summed E-state index contributed by atoms with van der Waals surface area (Å²) in [6.45, 7) is -1.17. The standard InChI is InChI=1S/C26H23F3N2O4/c1-16(18-7-11-21(12-8-18)31-25(33)19-5-9-20(27)10-6-19)30-24(32)14-4-17-3-13-22(35-26(28)29)23(15-17)34-2/h3-16,26H,1-2H3,(H,30,32)(H,31,33)/b14-4+. The Balaban J connectivity index is 1.56. The molecule has 0 aliphatic heterocycles. The van der Waals surface area contributed by atoms with Crippen LogP contribution in [-0.4, -0.2) is 25.5 Å². The lowest BCUT2D eigenvalue weighted by molar-refractivity contribution is -0.117. The van der Waals surface area contributed by atoms with Gasteiger partial charge in [0.2, 0.25) is 5.91 Å². The van der Waals surface area contributed by atoms with Gasteiger partial charge in [-0.25, -0.2) is 4.39 Å². The van der Waals surface area contributed by atoms with Gasteiger partial charge in [-0.2, -0.15) is 8.78 Å². The van der Waals surface area contributed by atoms with Crippen molar-refractivity contribution in [3.8, 4) is 11.5 Å². The molecule has 9 heteroatoms. The van der Waals surface area contributed by atoms with Gasteiger partial charge in [-0.15, -0.1) is 0 Å². The molecular weight excluding hydrogens is 461 g/mol. The van der Waals surface area contributed by atoms with E-state index >= 15 is 0 Å². The Kier molecular flexibility index (Phi) is 8.50. The zero-order valence-electron chi connectivity index (χ0n) is 18.9. The van der Waals surface area contributed by atoms with Gasteiger partial charge in [0.05, 0.1) is 13.2 Å². The normalized spacial score (nSPS) is 11.8. The number of rotatable bonds is 9. The molecule has 0 aliphatic rings. The third-order valence-corrected chi connectivity index (χ3v) is 4.96. The van der Waals surface area contributed by atoms with Crippen LogP contribution < -0.4 is 20.1 Å². The van der Waals surface area contributed by atoms with Crippen LogP contribution in [0.15, 0.2) is 72.8 Å². The zero-order chi connectivity index (χ0) is 25.4. The van der Waals surface area contributed by atoms with Gasteiger partial charge in [-0.1, -0.05) is 18.2 Å². The van der Waals surface area contributed by atoms with Gasteiger partial charge in [-0.3, -0.25) is 9.59 Å². The predicted molar refractivity (Wildman–Crippen MR) is 126 cm³/mol. The Morgan fingerprint density at radius 1 is 0.943 bits per heavy atom. The molecule has 0 saturated carbocycles. The predicted octanol–water partition coefficient (Wildman–Crippen LogP) is 5.58. The second-order valence-electron chi connectivity index (χ2n) is 7.44. The molecule has 35 heavy (non-hydrogen) atoms. The summed E-state index contributed by atoms with van der Waals surface area (Å²) in [6.07, 6.45) is 2.83. The van der Waals surface area contributed by atoms with E-state index in [2.05, 4.69) is 15.4 Å². The molecule has 0 bridgehead atoms. The van der Waals surface area contributed by atoms with Crippen molar-refractivity contribution >= 4 is 23.6 Å². The van der Waals surface area contributed by atoms with E-state index < -0.39 is 12.4 Å². The van der Waals surface area contributed by atoms with E-state index in [0.29, 0.717) is 16.8 Å². The van der Waals surface area contributed by atoms with Gasteiger partial charge in [0.15, 0.2) is 11.5 Å². The van der Waals surface area contributed by atoms with E-state index in [4.69, 9.17) is 4.74 Å². The molecule has 0 aromatic heterocycles. The number of benzene rings is 3. The summed E-state index contributed by atoms with van der Waals surface area (Å²) < 4.78 is 47.3. The minimum atomic E-state index is -2.97. The van der Waals surface area contributed by atoms with Crippen molar-refractivity contribution in [3.63, 3.8) is 0 Å². The summed E-state index contributed by atoms with van der Waals surface area (Å²) in [5, 5.41) is 5.55. The van der Waals surface area contributed by atoms with Crippen molar-refractivity contribution < 1.29 is 32.2 Å². The molecule has 0 aliphatic carbocycles. The Hall–Kier alpha value is -4.27. The quantitative estimate of drug-likeness (QED) is 0.389. The molecule has 0 heterocycles. The second kappa shape index (κ2) is 11.7. The maximum atomic E-state index is 13.0. The highest BCUT2D eigenvalue weighted by atomic mass is 19.3. The lowest BCUT2D eigenvalue weighted by Gasteiger charge is -2.14. The highest BCUT2D eigenvalue weighted by Gasteiger charge is 2.12. The number of anilines is 1. The van der Waals surface area contributed by atoms with E-state index in [1.807, 2.05) is 0 Å². The third-order valence-electron chi connectivity index (χ3n) is 4.96. The average Bonchev–Trinajstić information content (AvgIpc) is 2.83. The molecule has 0 spiro atoms. The summed E-state index contributed by atoms with van der Waals surface area (Å²) in [7, 11) is 1.33. The first-order valence-corrected chi connectivity index (χ1v) is 10.5.